The van der Waals surface area contributed by atoms with Gasteiger partial charge >= 0.3 is 0 Å². The summed E-state index contributed by atoms with van der Waals surface area (Å²) in [6, 6.07) is 0. The summed E-state index contributed by atoms with van der Waals surface area (Å²) in [5.74, 6) is 0.549. The van der Waals surface area contributed by atoms with Crippen molar-refractivity contribution in [2.45, 2.75) is 65.0 Å². The molecule has 0 bridgehead atoms. The topological polar surface area (TPSA) is 15.3 Å². The third-order valence-electron chi connectivity index (χ3n) is 3.93. The molecule has 1 saturated heterocycles. The molecule has 1 aliphatic rings. The van der Waals surface area contributed by atoms with Gasteiger partial charge in [-0.1, -0.05) is 0 Å². The third-order valence-corrected chi connectivity index (χ3v) is 3.93. The summed E-state index contributed by atoms with van der Waals surface area (Å²) in [7, 11) is 2.02. The highest BCUT2D eigenvalue weighted by atomic mass is 15.6. The van der Waals surface area contributed by atoms with E-state index >= 15 is 0 Å². The van der Waals surface area contributed by atoms with Crippen LogP contribution in [0.5, 0.6) is 0 Å². The second kappa shape index (κ2) is 4.44. The summed E-state index contributed by atoms with van der Waals surface area (Å²) in [6.45, 7) is 17.3. The van der Waals surface area contributed by atoms with Crippen molar-refractivity contribution in [3.05, 3.63) is 12.2 Å². The first kappa shape index (κ1) is 13.6. The van der Waals surface area contributed by atoms with Crippen molar-refractivity contribution in [3.8, 4) is 0 Å². The van der Waals surface area contributed by atoms with Crippen LogP contribution in [-0.2, 0) is 0 Å². The predicted molar refractivity (Wildman–Crippen MR) is 69.9 cm³/mol. The van der Waals surface area contributed by atoms with Crippen LogP contribution in [-0.4, -0.2) is 23.1 Å². The molecule has 0 aliphatic carbocycles. The monoisotopic (exact) mass is 223 g/mol. The molecule has 0 amide bonds. The quantitative estimate of drug-likeness (QED) is 0.723. The van der Waals surface area contributed by atoms with Crippen LogP contribution in [0, 0.1) is 12.5 Å². The fourth-order valence-corrected chi connectivity index (χ4v) is 3.25. The second-order valence-electron chi connectivity index (χ2n) is 6.37. The van der Waals surface area contributed by atoms with E-state index in [1.165, 1.54) is 12.8 Å². The molecule has 1 fully saturated rings. The maximum absolute atomic E-state index is 6.01. The molecule has 0 radical (unpaired) electrons. The van der Waals surface area contributed by atoms with E-state index in [2.05, 4.69) is 45.1 Å². The molecule has 16 heavy (non-hydrogen) atoms. The first-order valence-corrected chi connectivity index (χ1v) is 6.27. The lowest BCUT2D eigenvalue weighted by Gasteiger charge is -2.46. The molecular formula is C14H27N2+. The van der Waals surface area contributed by atoms with Gasteiger partial charge < -0.3 is 0 Å². The number of hydrogen-bond donors (Lipinski definition) is 1. The van der Waals surface area contributed by atoms with Crippen LogP contribution in [0.15, 0.2) is 5.57 Å². The van der Waals surface area contributed by atoms with Gasteiger partial charge in [0.25, 0.3) is 0 Å². The molecule has 1 N–H and O–H groups in total. The van der Waals surface area contributed by atoms with E-state index in [-0.39, 0.29) is 11.1 Å². The molecule has 1 aliphatic heterocycles. The van der Waals surface area contributed by atoms with Crippen molar-refractivity contribution in [2.75, 3.05) is 7.05 Å². The van der Waals surface area contributed by atoms with Crippen LogP contribution in [0.1, 0.15) is 53.9 Å². The third kappa shape index (κ3) is 2.63. The van der Waals surface area contributed by atoms with Crippen molar-refractivity contribution < 1.29 is 0 Å². The largest absolute Gasteiger partial charge is 0.257 e. The number of hydrogen-bond acceptors (Lipinski definition) is 2. The van der Waals surface area contributed by atoms with E-state index < -0.39 is 0 Å². The average Bonchev–Trinajstić information content (AvgIpc) is 2.19. The van der Waals surface area contributed by atoms with Crippen LogP contribution in [0.4, 0.5) is 0 Å². The summed E-state index contributed by atoms with van der Waals surface area (Å²) in [6.07, 6.45) is 3.49. The van der Waals surface area contributed by atoms with Gasteiger partial charge in [0.15, 0.2) is 5.57 Å². The van der Waals surface area contributed by atoms with Gasteiger partial charge in [-0.05, 0) is 54.0 Å². The van der Waals surface area contributed by atoms with Crippen molar-refractivity contribution in [1.82, 2.24) is 10.4 Å². The second-order valence-corrected chi connectivity index (χ2v) is 6.37. The van der Waals surface area contributed by atoms with E-state index in [0.29, 0.717) is 5.92 Å². The fourth-order valence-electron chi connectivity index (χ4n) is 3.25. The highest BCUT2D eigenvalue weighted by Crippen LogP contribution is 2.39. The molecule has 1 unspecified atom stereocenters. The van der Waals surface area contributed by atoms with Gasteiger partial charge in [0.05, 0.1) is 0 Å². The summed E-state index contributed by atoms with van der Waals surface area (Å²) in [4.78, 5) is 0. The molecule has 0 aromatic heterocycles. The Kier molecular flexibility index (Phi) is 3.79. The molecule has 0 aromatic carbocycles. The number of rotatable bonds is 2. The average molecular weight is 223 g/mol. The Morgan fingerprint density at radius 1 is 1.25 bits per heavy atom. The maximum atomic E-state index is 6.01. The minimum atomic E-state index is 0.139. The minimum absolute atomic E-state index is 0.139. The van der Waals surface area contributed by atoms with Crippen LogP contribution in [0.3, 0.4) is 0 Å². The van der Waals surface area contributed by atoms with Crippen LogP contribution in [0.2, 0.25) is 0 Å². The summed E-state index contributed by atoms with van der Waals surface area (Å²) in [5, 5.41) is 2.39. The Morgan fingerprint density at radius 2 is 1.81 bits per heavy atom. The molecule has 92 valence electrons. The standard InChI is InChI=1S/C14H27N2/c1-11(2)12-8-9-13(3,4)16(15-7)14(5,6)10-12/h1,12,15H,8-10H2,2-7H3/q+1. The molecule has 0 aromatic rings. The first-order chi connectivity index (χ1) is 7.20. The number of nitrogens with zero attached hydrogens (tertiary/aromatic N) is 1. The Bertz CT molecular complexity index is 266. The van der Waals surface area contributed by atoms with Crippen molar-refractivity contribution in [1.29, 1.82) is 0 Å². The lowest BCUT2D eigenvalue weighted by molar-refractivity contribution is -0.0235. The summed E-state index contributed by atoms with van der Waals surface area (Å²) in [5.41, 5.74) is 4.77. The minimum Gasteiger partial charge on any atom is -0.257 e. The Morgan fingerprint density at radius 3 is 2.25 bits per heavy atom. The fraction of sp³-hybridized carbons (Fsp3) is 0.857. The van der Waals surface area contributed by atoms with Gasteiger partial charge in [-0.15, -0.1) is 0 Å². The van der Waals surface area contributed by atoms with Gasteiger partial charge in [-0.25, -0.2) is 5.01 Å². The number of allylic oxidation sites excluding steroid dienone is 1. The molecule has 1 rings (SSSR count). The van der Waals surface area contributed by atoms with E-state index in [0.717, 1.165) is 12.0 Å². The van der Waals surface area contributed by atoms with E-state index in [4.69, 9.17) is 6.58 Å². The van der Waals surface area contributed by atoms with E-state index in [1.54, 1.807) is 0 Å². The van der Waals surface area contributed by atoms with Gasteiger partial charge in [-0.2, -0.15) is 0 Å². The maximum Gasteiger partial charge on any atom is 0.205 e. The smallest absolute Gasteiger partial charge is 0.205 e. The molecule has 1 atom stereocenters. The number of hydrazine groups is 1. The van der Waals surface area contributed by atoms with Gasteiger partial charge in [-0.3, -0.25) is 5.43 Å². The lowest BCUT2D eigenvalue weighted by Crippen LogP contribution is -2.60. The highest BCUT2D eigenvalue weighted by molar-refractivity contribution is 5.03. The molecule has 0 saturated carbocycles. The summed E-state index contributed by atoms with van der Waals surface area (Å²) < 4.78 is 0. The zero-order valence-electron chi connectivity index (χ0n) is 11.7. The summed E-state index contributed by atoms with van der Waals surface area (Å²) >= 11 is 0. The van der Waals surface area contributed by atoms with Gasteiger partial charge in [0, 0.05) is 23.9 Å². The zero-order valence-corrected chi connectivity index (χ0v) is 11.7. The Hall–Kier alpha value is -0.430. The van der Waals surface area contributed by atoms with Gasteiger partial charge in [0.2, 0.25) is 6.58 Å². The van der Waals surface area contributed by atoms with Crippen molar-refractivity contribution in [3.63, 3.8) is 0 Å². The molecular weight excluding hydrogens is 196 g/mol. The first-order valence-electron chi connectivity index (χ1n) is 6.27. The zero-order chi connectivity index (χ0) is 12.6. The predicted octanol–water partition coefficient (Wildman–Crippen LogP) is 3.16. The van der Waals surface area contributed by atoms with E-state index in [1.807, 2.05) is 7.05 Å². The van der Waals surface area contributed by atoms with E-state index in [9.17, 15) is 0 Å². The normalized spacial score (nSPS) is 29.7. The Balaban J connectivity index is 2.99. The Labute approximate surface area is 101 Å². The van der Waals surface area contributed by atoms with Gasteiger partial charge in [0.1, 0.15) is 0 Å². The van der Waals surface area contributed by atoms with Crippen LogP contribution >= 0.6 is 0 Å². The number of nitrogens with one attached hydrogen (secondary N) is 1. The molecule has 0 spiro atoms. The molecule has 2 heteroatoms. The van der Waals surface area contributed by atoms with Crippen molar-refractivity contribution in [2.24, 2.45) is 5.92 Å². The van der Waals surface area contributed by atoms with Crippen molar-refractivity contribution >= 4 is 0 Å². The highest BCUT2D eigenvalue weighted by Gasteiger charge is 2.42. The SMILES string of the molecule is [CH+]=C(C)C1CCC(C)(C)N(NC)C(C)(C)C1. The lowest BCUT2D eigenvalue weighted by atomic mass is 9.85. The van der Waals surface area contributed by atoms with Crippen LogP contribution in [0.25, 0.3) is 0 Å². The molecule has 2 nitrogen and oxygen atoms in total. The molecule has 1 heterocycles. The van der Waals surface area contributed by atoms with Crippen LogP contribution < -0.4 is 5.43 Å².